The lowest BCUT2D eigenvalue weighted by atomic mass is 9.85. The van der Waals surface area contributed by atoms with Crippen molar-refractivity contribution >= 4 is 29.7 Å². The second-order valence-electron chi connectivity index (χ2n) is 8.53. The molecule has 0 saturated carbocycles. The molecule has 5 heteroatoms. The van der Waals surface area contributed by atoms with Crippen LogP contribution in [0.25, 0.3) is 17.0 Å². The maximum absolute atomic E-state index is 12.4. The van der Waals surface area contributed by atoms with Gasteiger partial charge in [-0.15, -0.1) is 0 Å². The van der Waals surface area contributed by atoms with Crippen molar-refractivity contribution in [3.63, 3.8) is 0 Å². The average Bonchev–Trinajstić information content (AvgIpc) is 2.57. The number of hydrogen-bond donors (Lipinski definition) is 1. The molecule has 2 aromatic rings. The van der Waals surface area contributed by atoms with E-state index in [0.29, 0.717) is 5.58 Å². The number of fused-ring (bicyclic) bond motifs is 6. The number of rotatable bonds is 1. The van der Waals surface area contributed by atoms with Gasteiger partial charge >= 0.3 is 5.63 Å². The molecular weight excluding hydrogens is 360 g/mol. The zero-order valence-electron chi connectivity index (χ0n) is 16.6. The van der Waals surface area contributed by atoms with Crippen LogP contribution in [-0.2, 0) is 0 Å². The Morgan fingerprint density at radius 1 is 1.19 bits per heavy atom. The van der Waals surface area contributed by atoms with Gasteiger partial charge in [0.05, 0.1) is 22.6 Å². The largest absolute Gasteiger partial charge is 0.489 e. The molecule has 1 aromatic heterocycles. The molecule has 0 unspecified atom stereocenters. The fourth-order valence-electron chi connectivity index (χ4n) is 3.92. The lowest BCUT2D eigenvalue weighted by Gasteiger charge is -2.38. The first-order chi connectivity index (χ1) is 12.6. The van der Waals surface area contributed by atoms with Crippen LogP contribution in [0.5, 0.6) is 11.5 Å². The van der Waals surface area contributed by atoms with Crippen LogP contribution in [0.3, 0.4) is 0 Å². The van der Waals surface area contributed by atoms with Crippen LogP contribution >= 0.6 is 12.6 Å². The van der Waals surface area contributed by atoms with Crippen LogP contribution < -0.4 is 15.1 Å². The molecule has 0 fully saturated rings. The monoisotopic (exact) mass is 386 g/mol. The van der Waals surface area contributed by atoms with Crippen molar-refractivity contribution in [1.82, 2.24) is 0 Å². The second kappa shape index (κ2) is 6.06. The maximum Gasteiger partial charge on any atom is 0.336 e. The Morgan fingerprint density at radius 3 is 2.56 bits per heavy atom. The number of benzene rings is 1. The topological polar surface area (TPSA) is 48.7 Å². The van der Waals surface area contributed by atoms with E-state index in [2.05, 4.69) is 26.8 Å². The summed E-state index contributed by atoms with van der Waals surface area (Å²) in [4.78, 5) is 12.4. The first kappa shape index (κ1) is 18.5. The van der Waals surface area contributed by atoms with Crippen molar-refractivity contribution < 1.29 is 13.9 Å². The van der Waals surface area contributed by atoms with Crippen LogP contribution in [0.1, 0.15) is 69.4 Å². The van der Waals surface area contributed by atoms with Gasteiger partial charge in [0.25, 0.3) is 0 Å². The highest BCUT2D eigenvalue weighted by molar-refractivity contribution is 7.80. The Morgan fingerprint density at radius 2 is 1.89 bits per heavy atom. The maximum atomic E-state index is 12.4. The Labute approximate surface area is 165 Å². The molecule has 3 heterocycles. The van der Waals surface area contributed by atoms with Gasteiger partial charge in [0, 0.05) is 17.2 Å². The van der Waals surface area contributed by atoms with E-state index in [9.17, 15) is 4.79 Å². The van der Waals surface area contributed by atoms with E-state index < -0.39 is 5.60 Å². The van der Waals surface area contributed by atoms with Crippen LogP contribution in [0.2, 0.25) is 0 Å². The Balaban J connectivity index is 2.20. The summed E-state index contributed by atoms with van der Waals surface area (Å²) in [5.41, 5.74) is 2.43. The zero-order chi connectivity index (χ0) is 19.7. The summed E-state index contributed by atoms with van der Waals surface area (Å²) < 4.78 is 18.4. The van der Waals surface area contributed by atoms with Gasteiger partial charge in [-0.3, -0.25) is 0 Å². The van der Waals surface area contributed by atoms with Gasteiger partial charge in [-0.1, -0.05) is 20.8 Å². The van der Waals surface area contributed by atoms with E-state index in [0.717, 1.165) is 33.6 Å². The Hall–Kier alpha value is -1.88. The van der Waals surface area contributed by atoms with Gasteiger partial charge < -0.3 is 13.9 Å². The summed E-state index contributed by atoms with van der Waals surface area (Å²) in [6.07, 6.45) is 4.11. The van der Waals surface area contributed by atoms with Crippen LogP contribution in [0.4, 0.5) is 0 Å². The summed E-state index contributed by atoms with van der Waals surface area (Å²) in [6.45, 7) is 12.3. The van der Waals surface area contributed by atoms with Gasteiger partial charge in [-0.25, -0.2) is 4.79 Å². The molecule has 0 aliphatic carbocycles. The third-order valence-corrected chi connectivity index (χ3v) is 6.40. The minimum Gasteiger partial charge on any atom is -0.489 e. The molecule has 0 saturated heterocycles. The molecule has 4 rings (SSSR count). The lowest BCUT2D eigenvalue weighted by Crippen LogP contribution is -2.33. The summed E-state index contributed by atoms with van der Waals surface area (Å²) in [7, 11) is 0. The summed E-state index contributed by atoms with van der Waals surface area (Å²) in [5, 5.41) is 0.769. The van der Waals surface area contributed by atoms with E-state index in [-0.39, 0.29) is 28.8 Å². The van der Waals surface area contributed by atoms with Crippen molar-refractivity contribution in [2.24, 2.45) is 5.92 Å². The lowest BCUT2D eigenvalue weighted by molar-refractivity contribution is 0.132. The molecule has 0 spiro atoms. The Bertz CT molecular complexity index is 1020. The molecular formula is C22H26O4S. The fraction of sp³-hybridized carbons (Fsp3) is 0.500. The van der Waals surface area contributed by atoms with Gasteiger partial charge in [-0.05, 0) is 44.4 Å². The van der Waals surface area contributed by atoms with E-state index in [1.54, 1.807) is 6.07 Å². The molecule has 0 bridgehead atoms. The smallest absolute Gasteiger partial charge is 0.336 e. The van der Waals surface area contributed by atoms with E-state index in [1.165, 1.54) is 0 Å². The SMILES string of the molecule is CC(C)c1cc(=O)oc2c3c(c4c(c12)OC(C)(C)C=C4)O[C@@H](C)[C@H](C)[C@@H]3S. The predicted molar refractivity (Wildman–Crippen MR) is 111 cm³/mol. The molecule has 27 heavy (non-hydrogen) atoms. The van der Waals surface area contributed by atoms with Crippen molar-refractivity contribution in [2.75, 3.05) is 0 Å². The molecule has 0 N–H and O–H groups in total. The minimum atomic E-state index is -0.452. The summed E-state index contributed by atoms with van der Waals surface area (Å²) in [5.74, 6) is 1.78. The molecule has 4 nitrogen and oxygen atoms in total. The molecule has 2 aliphatic rings. The summed E-state index contributed by atoms with van der Waals surface area (Å²) >= 11 is 4.89. The molecule has 144 valence electrons. The third kappa shape index (κ3) is 2.78. The minimum absolute atomic E-state index is 0.00453. The predicted octanol–water partition coefficient (Wildman–Crippen LogP) is 5.49. The quantitative estimate of drug-likeness (QED) is 0.520. The van der Waals surface area contributed by atoms with Gasteiger partial charge in [0.2, 0.25) is 0 Å². The Kier molecular flexibility index (Phi) is 4.15. The van der Waals surface area contributed by atoms with Crippen molar-refractivity contribution in [1.29, 1.82) is 0 Å². The van der Waals surface area contributed by atoms with Gasteiger partial charge in [0.15, 0.2) is 5.58 Å². The highest BCUT2D eigenvalue weighted by Crippen LogP contribution is 2.54. The third-order valence-electron chi connectivity index (χ3n) is 5.67. The molecule has 1 aromatic carbocycles. The molecule has 3 atom stereocenters. The highest BCUT2D eigenvalue weighted by Gasteiger charge is 2.39. The van der Waals surface area contributed by atoms with Gasteiger partial charge in [-0.2, -0.15) is 12.6 Å². The van der Waals surface area contributed by atoms with E-state index in [4.69, 9.17) is 26.5 Å². The van der Waals surface area contributed by atoms with Crippen molar-refractivity contribution in [2.45, 2.75) is 64.4 Å². The normalized spacial score (nSPS) is 25.7. The molecule has 0 radical (unpaired) electrons. The first-order valence-corrected chi connectivity index (χ1v) is 10.0. The molecule has 0 amide bonds. The zero-order valence-corrected chi connectivity index (χ0v) is 17.5. The number of thiol groups is 1. The van der Waals surface area contributed by atoms with Crippen LogP contribution in [-0.4, -0.2) is 11.7 Å². The second-order valence-corrected chi connectivity index (χ2v) is 9.09. The van der Waals surface area contributed by atoms with Gasteiger partial charge in [0.1, 0.15) is 17.1 Å². The molecule has 2 aliphatic heterocycles. The number of hydrogen-bond acceptors (Lipinski definition) is 5. The van der Waals surface area contributed by atoms with Crippen molar-refractivity contribution in [3.8, 4) is 11.5 Å². The van der Waals surface area contributed by atoms with Crippen LogP contribution in [0, 0.1) is 5.92 Å². The fourth-order valence-corrected chi connectivity index (χ4v) is 4.40. The standard InChI is InChI=1S/C22H26O4S/c1-10(2)14-9-15(23)25-20-16(14)19-13(7-8-22(5,6)26-19)18-17(20)21(27)11(3)12(4)24-18/h7-12,21,27H,1-6H3/t11-,12-,21-/m0/s1. The number of ether oxygens (including phenoxy) is 2. The summed E-state index contributed by atoms with van der Waals surface area (Å²) in [6, 6.07) is 1.58. The first-order valence-electron chi connectivity index (χ1n) is 9.51. The van der Waals surface area contributed by atoms with E-state index in [1.807, 2.05) is 26.8 Å². The average molecular weight is 387 g/mol. The van der Waals surface area contributed by atoms with E-state index >= 15 is 0 Å². The van der Waals surface area contributed by atoms with Crippen LogP contribution in [0.15, 0.2) is 21.4 Å². The van der Waals surface area contributed by atoms with Crippen molar-refractivity contribution in [3.05, 3.63) is 39.3 Å². The highest BCUT2D eigenvalue weighted by atomic mass is 32.1.